The Bertz CT molecular complexity index is 549. The Balaban J connectivity index is 2.47. The van der Waals surface area contributed by atoms with E-state index in [0.29, 0.717) is 5.69 Å². The minimum Gasteiger partial charge on any atom is -0.465 e. The van der Waals surface area contributed by atoms with Gasteiger partial charge in [0.2, 0.25) is 0 Å². The minimum atomic E-state index is -1.05. The molecule has 0 bridgehead atoms. The first-order chi connectivity index (χ1) is 8.16. The van der Waals surface area contributed by atoms with E-state index in [1.807, 2.05) is 49.4 Å². The number of anilines is 1. The normalized spacial score (nSPS) is 9.94. The fraction of sp³-hybridized carbons (Fsp3) is 0.0714. The van der Waals surface area contributed by atoms with Crippen molar-refractivity contribution in [3.8, 4) is 11.1 Å². The summed E-state index contributed by atoms with van der Waals surface area (Å²) in [6, 6.07) is 15.3. The first-order valence-electron chi connectivity index (χ1n) is 5.33. The van der Waals surface area contributed by atoms with Crippen LogP contribution in [0, 0.1) is 6.92 Å². The molecule has 1 amide bonds. The van der Waals surface area contributed by atoms with Crippen LogP contribution in [0.1, 0.15) is 5.56 Å². The van der Waals surface area contributed by atoms with Crippen LogP contribution in [0.2, 0.25) is 0 Å². The molecule has 3 heteroatoms. The number of carboxylic acid groups (broad SMARTS) is 1. The largest absolute Gasteiger partial charge is 0.465 e. The molecule has 0 fully saturated rings. The summed E-state index contributed by atoms with van der Waals surface area (Å²) in [5.74, 6) is 0. The van der Waals surface area contributed by atoms with Gasteiger partial charge in [0.15, 0.2) is 0 Å². The Morgan fingerprint density at radius 2 is 1.88 bits per heavy atom. The lowest BCUT2D eigenvalue weighted by Crippen LogP contribution is -2.08. The molecule has 0 saturated heterocycles. The van der Waals surface area contributed by atoms with Gasteiger partial charge in [-0.1, -0.05) is 48.0 Å². The molecule has 3 nitrogen and oxygen atoms in total. The molecule has 0 aliphatic heterocycles. The van der Waals surface area contributed by atoms with Crippen molar-refractivity contribution in [2.45, 2.75) is 6.92 Å². The Kier molecular flexibility index (Phi) is 3.10. The molecule has 86 valence electrons. The zero-order valence-electron chi connectivity index (χ0n) is 9.47. The number of amides is 1. The van der Waals surface area contributed by atoms with Crippen LogP contribution in [0.15, 0.2) is 48.5 Å². The molecule has 17 heavy (non-hydrogen) atoms. The van der Waals surface area contributed by atoms with Crippen molar-refractivity contribution in [3.63, 3.8) is 0 Å². The van der Waals surface area contributed by atoms with Crippen molar-refractivity contribution in [1.29, 1.82) is 0 Å². The predicted octanol–water partition coefficient (Wildman–Crippen LogP) is 3.75. The molecular weight excluding hydrogens is 214 g/mol. The maximum atomic E-state index is 10.7. The molecule has 0 atom stereocenters. The topological polar surface area (TPSA) is 49.3 Å². The van der Waals surface area contributed by atoms with Crippen LogP contribution in [0.3, 0.4) is 0 Å². The molecule has 0 aliphatic carbocycles. The summed E-state index contributed by atoms with van der Waals surface area (Å²) in [4.78, 5) is 10.7. The van der Waals surface area contributed by atoms with Gasteiger partial charge in [-0.15, -0.1) is 0 Å². The van der Waals surface area contributed by atoms with Gasteiger partial charge in [0.1, 0.15) is 0 Å². The molecule has 2 aromatic rings. The SMILES string of the molecule is Cc1cccc(-c2ccccc2NC(=O)O)c1. The number of aryl methyl sites for hydroxylation is 1. The zero-order chi connectivity index (χ0) is 12.3. The van der Waals surface area contributed by atoms with Gasteiger partial charge in [-0.3, -0.25) is 5.32 Å². The van der Waals surface area contributed by atoms with Gasteiger partial charge in [-0.05, 0) is 18.6 Å². The van der Waals surface area contributed by atoms with Crippen LogP contribution >= 0.6 is 0 Å². The fourth-order valence-electron chi connectivity index (χ4n) is 1.77. The first kappa shape index (κ1) is 11.2. The Morgan fingerprint density at radius 3 is 2.59 bits per heavy atom. The zero-order valence-corrected chi connectivity index (χ0v) is 9.47. The van der Waals surface area contributed by atoms with E-state index >= 15 is 0 Å². The van der Waals surface area contributed by atoms with E-state index in [1.165, 1.54) is 0 Å². The third kappa shape index (κ3) is 2.64. The van der Waals surface area contributed by atoms with Crippen LogP contribution in [-0.4, -0.2) is 11.2 Å². The second-order valence-electron chi connectivity index (χ2n) is 3.85. The van der Waals surface area contributed by atoms with E-state index in [2.05, 4.69) is 5.32 Å². The summed E-state index contributed by atoms with van der Waals surface area (Å²) in [7, 11) is 0. The highest BCUT2D eigenvalue weighted by Crippen LogP contribution is 2.28. The number of hydrogen-bond donors (Lipinski definition) is 2. The molecule has 2 N–H and O–H groups in total. The Morgan fingerprint density at radius 1 is 1.12 bits per heavy atom. The van der Waals surface area contributed by atoms with Crippen molar-refractivity contribution >= 4 is 11.8 Å². The van der Waals surface area contributed by atoms with Crippen LogP contribution in [0.5, 0.6) is 0 Å². The fourth-order valence-corrected chi connectivity index (χ4v) is 1.77. The number of carbonyl (C=O) groups is 1. The summed E-state index contributed by atoms with van der Waals surface area (Å²) in [5.41, 5.74) is 3.64. The third-order valence-electron chi connectivity index (χ3n) is 2.50. The van der Waals surface area contributed by atoms with Gasteiger partial charge >= 0.3 is 6.09 Å². The van der Waals surface area contributed by atoms with Gasteiger partial charge in [0.05, 0.1) is 5.69 Å². The van der Waals surface area contributed by atoms with Gasteiger partial charge in [-0.2, -0.15) is 0 Å². The summed E-state index contributed by atoms with van der Waals surface area (Å²) in [5, 5.41) is 11.2. The van der Waals surface area contributed by atoms with Crippen LogP contribution in [0.4, 0.5) is 10.5 Å². The number of hydrogen-bond acceptors (Lipinski definition) is 1. The molecule has 0 heterocycles. The summed E-state index contributed by atoms with van der Waals surface area (Å²) < 4.78 is 0. The first-order valence-corrected chi connectivity index (χ1v) is 5.33. The second-order valence-corrected chi connectivity index (χ2v) is 3.85. The highest BCUT2D eigenvalue weighted by atomic mass is 16.4. The average molecular weight is 227 g/mol. The molecule has 0 unspecified atom stereocenters. The number of benzene rings is 2. The van der Waals surface area contributed by atoms with Gasteiger partial charge < -0.3 is 5.11 Å². The lowest BCUT2D eigenvalue weighted by Gasteiger charge is -2.09. The Hall–Kier alpha value is -2.29. The highest BCUT2D eigenvalue weighted by Gasteiger charge is 2.06. The molecule has 2 rings (SSSR count). The molecule has 0 aromatic heterocycles. The third-order valence-corrected chi connectivity index (χ3v) is 2.50. The van der Waals surface area contributed by atoms with Gasteiger partial charge in [-0.25, -0.2) is 4.79 Å². The minimum absolute atomic E-state index is 0.602. The summed E-state index contributed by atoms with van der Waals surface area (Å²) in [6.45, 7) is 2.01. The summed E-state index contributed by atoms with van der Waals surface area (Å²) in [6.07, 6.45) is -1.05. The summed E-state index contributed by atoms with van der Waals surface area (Å²) >= 11 is 0. The van der Waals surface area contributed by atoms with E-state index in [4.69, 9.17) is 5.11 Å². The second kappa shape index (κ2) is 4.70. The smallest absolute Gasteiger partial charge is 0.409 e. The highest BCUT2D eigenvalue weighted by molar-refractivity contribution is 5.90. The molecule has 0 radical (unpaired) electrons. The van der Waals surface area contributed by atoms with Crippen molar-refractivity contribution in [3.05, 3.63) is 54.1 Å². The van der Waals surface area contributed by atoms with Crippen molar-refractivity contribution in [2.24, 2.45) is 0 Å². The average Bonchev–Trinajstić information content (AvgIpc) is 2.29. The molecular formula is C14H13NO2. The lowest BCUT2D eigenvalue weighted by molar-refractivity contribution is 0.210. The maximum absolute atomic E-state index is 10.7. The van der Waals surface area contributed by atoms with Crippen molar-refractivity contribution < 1.29 is 9.90 Å². The lowest BCUT2D eigenvalue weighted by atomic mass is 10.0. The Labute approximate surface area is 99.7 Å². The molecule has 2 aromatic carbocycles. The standard InChI is InChI=1S/C14H13NO2/c1-10-5-4-6-11(9-10)12-7-2-3-8-13(12)15-14(16)17/h2-9,15H,1H3,(H,16,17). The molecule has 0 aliphatic rings. The predicted molar refractivity (Wildman–Crippen MR) is 68.3 cm³/mol. The number of nitrogens with one attached hydrogen (secondary N) is 1. The maximum Gasteiger partial charge on any atom is 0.409 e. The van der Waals surface area contributed by atoms with E-state index in [-0.39, 0.29) is 0 Å². The number of rotatable bonds is 2. The van der Waals surface area contributed by atoms with Crippen LogP contribution < -0.4 is 5.32 Å². The van der Waals surface area contributed by atoms with Gasteiger partial charge in [0.25, 0.3) is 0 Å². The van der Waals surface area contributed by atoms with Crippen molar-refractivity contribution in [2.75, 3.05) is 5.32 Å². The molecule has 0 spiro atoms. The van der Waals surface area contributed by atoms with Gasteiger partial charge in [0, 0.05) is 5.56 Å². The van der Waals surface area contributed by atoms with E-state index < -0.39 is 6.09 Å². The number of para-hydroxylation sites is 1. The quantitative estimate of drug-likeness (QED) is 0.820. The monoisotopic (exact) mass is 227 g/mol. The van der Waals surface area contributed by atoms with Crippen LogP contribution in [0.25, 0.3) is 11.1 Å². The van der Waals surface area contributed by atoms with Crippen molar-refractivity contribution in [1.82, 2.24) is 0 Å². The van der Waals surface area contributed by atoms with E-state index in [1.54, 1.807) is 6.07 Å². The van der Waals surface area contributed by atoms with Crippen LogP contribution in [-0.2, 0) is 0 Å². The van der Waals surface area contributed by atoms with E-state index in [0.717, 1.165) is 16.7 Å². The van der Waals surface area contributed by atoms with E-state index in [9.17, 15) is 4.79 Å². The molecule has 0 saturated carbocycles.